The van der Waals surface area contributed by atoms with Crippen molar-refractivity contribution in [1.29, 1.82) is 0 Å². The highest BCUT2D eigenvalue weighted by atomic mass is 79.9. The highest BCUT2D eigenvalue weighted by Crippen LogP contribution is 2.24. The molecule has 1 aliphatic heterocycles. The van der Waals surface area contributed by atoms with Gasteiger partial charge in [0, 0.05) is 41.9 Å². The van der Waals surface area contributed by atoms with Crippen molar-refractivity contribution in [1.82, 2.24) is 4.90 Å². The summed E-state index contributed by atoms with van der Waals surface area (Å²) in [5.74, 6) is -2.20. The molecule has 2 aromatic rings. The van der Waals surface area contributed by atoms with Crippen molar-refractivity contribution in [2.45, 2.75) is 6.92 Å². The Morgan fingerprint density at radius 3 is 2.33 bits per heavy atom. The first kappa shape index (κ1) is 16.9. The summed E-state index contributed by atoms with van der Waals surface area (Å²) in [6, 6.07) is 9.45. The third kappa shape index (κ3) is 3.43. The number of hydrogen-bond acceptors (Lipinski definition) is 2. The summed E-state index contributed by atoms with van der Waals surface area (Å²) in [5.41, 5.74) is 2.46. The molecule has 0 N–H and O–H groups in total. The minimum absolute atomic E-state index is 0.182. The lowest BCUT2D eigenvalue weighted by atomic mass is 10.1. The predicted molar refractivity (Wildman–Crippen MR) is 93.4 cm³/mol. The first-order chi connectivity index (χ1) is 11.5. The number of nitrogens with zero attached hydrogens (tertiary/aromatic N) is 2. The molecule has 0 atom stereocenters. The van der Waals surface area contributed by atoms with Crippen LogP contribution < -0.4 is 4.90 Å². The lowest BCUT2D eigenvalue weighted by molar-refractivity contribution is 0.0746. The molecule has 0 radical (unpaired) electrons. The molecule has 0 bridgehead atoms. The van der Waals surface area contributed by atoms with Gasteiger partial charge in [-0.1, -0.05) is 15.9 Å². The van der Waals surface area contributed by atoms with Gasteiger partial charge in [-0.2, -0.15) is 0 Å². The number of carbonyl (C=O) groups is 1. The molecule has 0 unspecified atom stereocenters. The Labute approximate surface area is 148 Å². The molecular formula is C18H17BrF2N2O. The molecule has 0 spiro atoms. The van der Waals surface area contributed by atoms with Gasteiger partial charge in [-0.05, 0) is 48.9 Å². The number of aryl methyl sites for hydroxylation is 1. The number of amides is 1. The molecule has 1 fully saturated rings. The summed E-state index contributed by atoms with van der Waals surface area (Å²) in [5, 5.41) is 0. The fourth-order valence-electron chi connectivity index (χ4n) is 2.81. The van der Waals surface area contributed by atoms with Crippen molar-refractivity contribution < 1.29 is 13.6 Å². The van der Waals surface area contributed by atoms with Crippen molar-refractivity contribution in [3.8, 4) is 0 Å². The minimum atomic E-state index is -0.996. The largest absolute Gasteiger partial charge is 0.368 e. The predicted octanol–water partition coefficient (Wildman–Crippen LogP) is 4.00. The molecule has 24 heavy (non-hydrogen) atoms. The lowest BCUT2D eigenvalue weighted by Crippen LogP contribution is -2.48. The van der Waals surface area contributed by atoms with E-state index in [2.05, 4.69) is 26.9 Å². The van der Waals surface area contributed by atoms with Crippen molar-refractivity contribution >= 4 is 27.5 Å². The second-order valence-corrected chi connectivity index (χ2v) is 6.70. The zero-order valence-corrected chi connectivity index (χ0v) is 14.8. The van der Waals surface area contributed by atoms with Crippen LogP contribution in [0.25, 0.3) is 0 Å². The Bertz CT molecular complexity index is 774. The Kier molecular flexibility index (Phi) is 4.85. The third-order valence-electron chi connectivity index (χ3n) is 4.24. The van der Waals surface area contributed by atoms with E-state index < -0.39 is 11.6 Å². The summed E-state index contributed by atoms with van der Waals surface area (Å²) in [7, 11) is 0. The van der Waals surface area contributed by atoms with E-state index in [0.29, 0.717) is 26.2 Å². The van der Waals surface area contributed by atoms with E-state index in [1.807, 2.05) is 19.1 Å². The number of halogens is 3. The minimum Gasteiger partial charge on any atom is -0.368 e. The summed E-state index contributed by atoms with van der Waals surface area (Å²) in [6.45, 7) is 4.54. The van der Waals surface area contributed by atoms with Gasteiger partial charge in [-0.3, -0.25) is 4.79 Å². The zero-order chi connectivity index (χ0) is 17.3. The van der Waals surface area contributed by atoms with E-state index in [0.717, 1.165) is 27.9 Å². The molecule has 0 saturated carbocycles. The van der Waals surface area contributed by atoms with Gasteiger partial charge < -0.3 is 9.80 Å². The monoisotopic (exact) mass is 394 g/mol. The van der Waals surface area contributed by atoms with Gasteiger partial charge in [0.1, 0.15) is 0 Å². The molecular weight excluding hydrogens is 378 g/mol. The number of hydrogen-bond donors (Lipinski definition) is 0. The lowest BCUT2D eigenvalue weighted by Gasteiger charge is -2.36. The number of carbonyl (C=O) groups excluding carboxylic acids is 1. The van der Waals surface area contributed by atoms with Crippen LogP contribution in [0.15, 0.2) is 40.9 Å². The number of benzene rings is 2. The van der Waals surface area contributed by atoms with Gasteiger partial charge in [0.2, 0.25) is 0 Å². The first-order valence-corrected chi connectivity index (χ1v) is 8.50. The topological polar surface area (TPSA) is 23.6 Å². The van der Waals surface area contributed by atoms with Gasteiger partial charge >= 0.3 is 0 Å². The van der Waals surface area contributed by atoms with Crippen LogP contribution in [0.4, 0.5) is 14.5 Å². The highest BCUT2D eigenvalue weighted by Gasteiger charge is 2.23. The van der Waals surface area contributed by atoms with Crippen LogP contribution >= 0.6 is 15.9 Å². The SMILES string of the molecule is Cc1cc(N2CCN(C(=O)c3ccc(F)c(F)c3)CC2)ccc1Br. The van der Waals surface area contributed by atoms with E-state index in [9.17, 15) is 13.6 Å². The molecule has 3 rings (SSSR count). The van der Waals surface area contributed by atoms with Crippen molar-refractivity contribution in [3.05, 3.63) is 63.6 Å². The summed E-state index contributed by atoms with van der Waals surface area (Å²) >= 11 is 3.49. The second kappa shape index (κ2) is 6.89. The maximum atomic E-state index is 13.3. The number of piperazine rings is 1. The average Bonchev–Trinajstić information content (AvgIpc) is 2.59. The first-order valence-electron chi connectivity index (χ1n) is 7.71. The number of anilines is 1. The third-order valence-corrected chi connectivity index (χ3v) is 5.13. The molecule has 126 valence electrons. The van der Waals surface area contributed by atoms with E-state index in [-0.39, 0.29) is 11.5 Å². The maximum absolute atomic E-state index is 13.3. The van der Waals surface area contributed by atoms with Crippen LogP contribution in [-0.4, -0.2) is 37.0 Å². The van der Waals surface area contributed by atoms with E-state index in [1.54, 1.807) is 4.90 Å². The quantitative estimate of drug-likeness (QED) is 0.768. The van der Waals surface area contributed by atoms with E-state index >= 15 is 0 Å². The van der Waals surface area contributed by atoms with Crippen LogP contribution in [-0.2, 0) is 0 Å². The van der Waals surface area contributed by atoms with Crippen LogP contribution in [0.1, 0.15) is 15.9 Å². The Balaban J connectivity index is 1.66. The van der Waals surface area contributed by atoms with Gasteiger partial charge in [-0.25, -0.2) is 8.78 Å². The molecule has 1 aliphatic rings. The second-order valence-electron chi connectivity index (χ2n) is 5.84. The molecule has 1 heterocycles. The average molecular weight is 395 g/mol. The molecule has 6 heteroatoms. The smallest absolute Gasteiger partial charge is 0.254 e. The number of rotatable bonds is 2. The molecule has 3 nitrogen and oxygen atoms in total. The summed E-state index contributed by atoms with van der Waals surface area (Å²) < 4.78 is 27.4. The molecule has 0 aromatic heterocycles. The van der Waals surface area contributed by atoms with Crippen molar-refractivity contribution in [2.24, 2.45) is 0 Å². The maximum Gasteiger partial charge on any atom is 0.254 e. The summed E-state index contributed by atoms with van der Waals surface area (Å²) in [6.07, 6.45) is 0. The van der Waals surface area contributed by atoms with E-state index in [1.165, 1.54) is 6.07 Å². The van der Waals surface area contributed by atoms with Crippen molar-refractivity contribution in [2.75, 3.05) is 31.1 Å². The Morgan fingerprint density at radius 2 is 1.71 bits per heavy atom. The fraction of sp³-hybridized carbons (Fsp3) is 0.278. The Morgan fingerprint density at radius 1 is 1.00 bits per heavy atom. The van der Waals surface area contributed by atoms with Crippen LogP contribution in [0.5, 0.6) is 0 Å². The van der Waals surface area contributed by atoms with Crippen molar-refractivity contribution in [3.63, 3.8) is 0 Å². The molecule has 1 amide bonds. The molecule has 2 aromatic carbocycles. The highest BCUT2D eigenvalue weighted by molar-refractivity contribution is 9.10. The normalized spacial score (nSPS) is 14.8. The van der Waals surface area contributed by atoms with Crippen LogP contribution in [0, 0.1) is 18.6 Å². The van der Waals surface area contributed by atoms with Gasteiger partial charge in [0.25, 0.3) is 5.91 Å². The molecule has 0 aliphatic carbocycles. The standard InChI is InChI=1S/C18H17BrF2N2O/c1-12-10-14(3-4-15(12)19)22-6-8-23(9-7-22)18(24)13-2-5-16(20)17(21)11-13/h2-5,10-11H,6-9H2,1H3. The fourth-order valence-corrected chi connectivity index (χ4v) is 3.05. The van der Waals surface area contributed by atoms with Gasteiger partial charge in [-0.15, -0.1) is 0 Å². The summed E-state index contributed by atoms with van der Waals surface area (Å²) in [4.78, 5) is 16.3. The Hall–Kier alpha value is -1.95. The van der Waals surface area contributed by atoms with Gasteiger partial charge in [0.15, 0.2) is 11.6 Å². The van der Waals surface area contributed by atoms with Gasteiger partial charge in [0.05, 0.1) is 0 Å². The molecule has 1 saturated heterocycles. The van der Waals surface area contributed by atoms with Crippen LogP contribution in [0.3, 0.4) is 0 Å². The van der Waals surface area contributed by atoms with E-state index in [4.69, 9.17) is 0 Å². The zero-order valence-electron chi connectivity index (χ0n) is 13.2. The van der Waals surface area contributed by atoms with Crippen LogP contribution in [0.2, 0.25) is 0 Å².